The van der Waals surface area contributed by atoms with Crippen LogP contribution in [0.2, 0.25) is 5.02 Å². The maximum Gasteiger partial charge on any atom is 0.292 e. The molecule has 8 heteroatoms. The third-order valence-electron chi connectivity index (χ3n) is 2.42. The van der Waals surface area contributed by atoms with E-state index in [1.54, 1.807) is 0 Å². The Kier molecular flexibility index (Phi) is 3.90. The second-order valence-corrected chi connectivity index (χ2v) is 4.14. The van der Waals surface area contributed by atoms with Crippen molar-refractivity contribution in [2.45, 2.75) is 0 Å². The zero-order valence-electron chi connectivity index (χ0n) is 9.84. The fourth-order valence-corrected chi connectivity index (χ4v) is 1.72. The molecule has 6 nitrogen and oxygen atoms in total. The average Bonchev–Trinajstić information content (AvgIpc) is 2.38. The zero-order chi connectivity index (χ0) is 14.7. The van der Waals surface area contributed by atoms with Crippen LogP contribution in [0.15, 0.2) is 36.7 Å². The first-order chi connectivity index (χ1) is 9.49. The number of benzene rings is 1. The van der Waals surface area contributed by atoms with E-state index in [0.717, 1.165) is 18.2 Å². The first-order valence-electron chi connectivity index (χ1n) is 5.34. The van der Waals surface area contributed by atoms with Gasteiger partial charge in [0, 0.05) is 24.5 Å². The van der Waals surface area contributed by atoms with Crippen LogP contribution in [0.1, 0.15) is 10.4 Å². The van der Waals surface area contributed by atoms with E-state index in [1.807, 2.05) is 0 Å². The summed E-state index contributed by atoms with van der Waals surface area (Å²) in [6.07, 6.45) is 2.61. The monoisotopic (exact) mass is 295 g/mol. The minimum atomic E-state index is -0.719. The number of anilines is 1. The quantitative estimate of drug-likeness (QED) is 0.696. The lowest BCUT2D eigenvalue weighted by Gasteiger charge is -2.07. The fourth-order valence-electron chi connectivity index (χ4n) is 1.52. The van der Waals surface area contributed by atoms with Crippen molar-refractivity contribution in [3.63, 3.8) is 0 Å². The second kappa shape index (κ2) is 5.62. The number of nitro benzene ring substituents is 1. The lowest BCUT2D eigenvalue weighted by molar-refractivity contribution is -0.384. The van der Waals surface area contributed by atoms with Gasteiger partial charge in [-0.05, 0) is 12.1 Å². The number of pyridine rings is 1. The molecule has 0 atom stereocenters. The highest BCUT2D eigenvalue weighted by atomic mass is 35.5. The summed E-state index contributed by atoms with van der Waals surface area (Å²) in [6.45, 7) is 0. The van der Waals surface area contributed by atoms with E-state index < -0.39 is 22.3 Å². The summed E-state index contributed by atoms with van der Waals surface area (Å²) >= 11 is 5.79. The van der Waals surface area contributed by atoms with Crippen molar-refractivity contribution >= 4 is 28.9 Å². The summed E-state index contributed by atoms with van der Waals surface area (Å²) in [5, 5.41) is 13.2. The molecule has 0 unspecified atom stereocenters. The molecule has 0 saturated carbocycles. The van der Waals surface area contributed by atoms with Crippen molar-refractivity contribution in [2.24, 2.45) is 0 Å². The first-order valence-corrected chi connectivity index (χ1v) is 5.71. The molecule has 1 heterocycles. The topological polar surface area (TPSA) is 85.1 Å². The standard InChI is InChI=1S/C12H7ClFN3O3/c13-9-6-15-4-3-8(9)12(18)16-10-5-7(14)1-2-11(10)17(19)20/h1-6H,(H,16,18). The Morgan fingerprint density at radius 1 is 1.40 bits per heavy atom. The molecule has 20 heavy (non-hydrogen) atoms. The molecule has 0 aliphatic carbocycles. The zero-order valence-corrected chi connectivity index (χ0v) is 10.6. The second-order valence-electron chi connectivity index (χ2n) is 3.73. The Labute approximate surface area is 117 Å². The molecule has 1 N–H and O–H groups in total. The van der Waals surface area contributed by atoms with Crippen molar-refractivity contribution in [1.82, 2.24) is 4.98 Å². The van der Waals surface area contributed by atoms with Gasteiger partial charge in [0.15, 0.2) is 0 Å². The van der Waals surface area contributed by atoms with Gasteiger partial charge in [0.2, 0.25) is 0 Å². The summed E-state index contributed by atoms with van der Waals surface area (Å²) in [6, 6.07) is 4.13. The lowest BCUT2D eigenvalue weighted by atomic mass is 10.2. The number of amides is 1. The molecule has 0 fully saturated rings. The predicted molar refractivity (Wildman–Crippen MR) is 70.3 cm³/mol. The predicted octanol–water partition coefficient (Wildman–Crippen LogP) is 3.03. The van der Waals surface area contributed by atoms with Gasteiger partial charge >= 0.3 is 0 Å². The van der Waals surface area contributed by atoms with Crippen LogP contribution in [0.25, 0.3) is 0 Å². The number of nitrogens with zero attached hydrogens (tertiary/aromatic N) is 2. The Bertz CT molecular complexity index is 693. The van der Waals surface area contributed by atoms with Crippen molar-refractivity contribution in [3.05, 3.63) is 63.2 Å². The Morgan fingerprint density at radius 3 is 2.80 bits per heavy atom. The molecular formula is C12H7ClFN3O3. The van der Waals surface area contributed by atoms with Gasteiger partial charge in [-0.2, -0.15) is 0 Å². The van der Waals surface area contributed by atoms with Gasteiger partial charge in [0.1, 0.15) is 11.5 Å². The van der Waals surface area contributed by atoms with Crippen molar-refractivity contribution < 1.29 is 14.1 Å². The summed E-state index contributed by atoms with van der Waals surface area (Å²) in [5.41, 5.74) is -0.571. The number of carbonyl (C=O) groups is 1. The maximum absolute atomic E-state index is 13.1. The minimum Gasteiger partial charge on any atom is -0.316 e. The van der Waals surface area contributed by atoms with Gasteiger partial charge in [0.25, 0.3) is 11.6 Å². The number of hydrogen-bond donors (Lipinski definition) is 1. The van der Waals surface area contributed by atoms with Gasteiger partial charge in [-0.3, -0.25) is 19.9 Å². The Hall–Kier alpha value is -2.54. The van der Waals surface area contributed by atoms with Crippen LogP contribution >= 0.6 is 11.6 Å². The largest absolute Gasteiger partial charge is 0.316 e. The molecule has 0 saturated heterocycles. The highest BCUT2D eigenvalue weighted by molar-refractivity contribution is 6.34. The number of nitro groups is 1. The fraction of sp³-hybridized carbons (Fsp3) is 0. The minimum absolute atomic E-state index is 0.0835. The van der Waals surface area contributed by atoms with E-state index in [2.05, 4.69) is 10.3 Å². The van der Waals surface area contributed by atoms with E-state index in [1.165, 1.54) is 18.5 Å². The van der Waals surface area contributed by atoms with Gasteiger partial charge in [0.05, 0.1) is 15.5 Å². The third kappa shape index (κ3) is 2.89. The van der Waals surface area contributed by atoms with Crippen LogP contribution in [-0.2, 0) is 0 Å². The van der Waals surface area contributed by atoms with Gasteiger partial charge in [-0.15, -0.1) is 0 Å². The molecule has 0 aliphatic rings. The van der Waals surface area contributed by atoms with Crippen LogP contribution in [0.4, 0.5) is 15.8 Å². The third-order valence-corrected chi connectivity index (χ3v) is 2.72. The smallest absolute Gasteiger partial charge is 0.292 e. The van der Waals surface area contributed by atoms with E-state index in [0.29, 0.717) is 0 Å². The molecule has 0 aliphatic heterocycles. The molecular weight excluding hydrogens is 289 g/mol. The number of halogens is 2. The molecule has 1 amide bonds. The van der Waals surface area contributed by atoms with E-state index in [9.17, 15) is 19.3 Å². The Morgan fingerprint density at radius 2 is 2.15 bits per heavy atom. The van der Waals surface area contributed by atoms with Crippen LogP contribution in [-0.4, -0.2) is 15.8 Å². The highest BCUT2D eigenvalue weighted by Gasteiger charge is 2.18. The SMILES string of the molecule is O=C(Nc1cc(F)ccc1[N+](=O)[O-])c1ccncc1Cl. The number of rotatable bonds is 3. The number of aromatic nitrogens is 1. The molecule has 0 spiro atoms. The lowest BCUT2D eigenvalue weighted by Crippen LogP contribution is -2.14. The van der Waals surface area contributed by atoms with Crippen molar-refractivity contribution in [3.8, 4) is 0 Å². The van der Waals surface area contributed by atoms with Gasteiger partial charge in [-0.25, -0.2) is 4.39 Å². The highest BCUT2D eigenvalue weighted by Crippen LogP contribution is 2.26. The summed E-state index contributed by atoms with van der Waals surface area (Å²) < 4.78 is 13.1. The molecule has 2 aromatic rings. The van der Waals surface area contributed by atoms with Gasteiger partial charge in [-0.1, -0.05) is 11.6 Å². The van der Waals surface area contributed by atoms with Crippen LogP contribution < -0.4 is 5.32 Å². The van der Waals surface area contributed by atoms with Gasteiger partial charge < -0.3 is 5.32 Å². The maximum atomic E-state index is 13.1. The molecule has 1 aromatic heterocycles. The van der Waals surface area contributed by atoms with Crippen molar-refractivity contribution in [1.29, 1.82) is 0 Å². The molecule has 0 radical (unpaired) electrons. The molecule has 102 valence electrons. The van der Waals surface area contributed by atoms with Crippen LogP contribution in [0.5, 0.6) is 0 Å². The van der Waals surface area contributed by atoms with Crippen LogP contribution in [0.3, 0.4) is 0 Å². The molecule has 2 rings (SSSR count). The number of hydrogen-bond acceptors (Lipinski definition) is 4. The van der Waals surface area contributed by atoms with E-state index >= 15 is 0 Å². The normalized spacial score (nSPS) is 10.1. The number of carbonyl (C=O) groups excluding carboxylic acids is 1. The molecule has 1 aromatic carbocycles. The van der Waals surface area contributed by atoms with E-state index in [4.69, 9.17) is 11.6 Å². The van der Waals surface area contributed by atoms with Crippen molar-refractivity contribution in [2.75, 3.05) is 5.32 Å². The number of nitrogens with one attached hydrogen (secondary N) is 1. The van der Waals surface area contributed by atoms with Crippen LogP contribution in [0, 0.1) is 15.9 Å². The first kappa shape index (κ1) is 13.9. The summed E-state index contributed by atoms with van der Waals surface area (Å²) in [5.74, 6) is -1.39. The molecule has 0 bridgehead atoms. The van der Waals surface area contributed by atoms with E-state index in [-0.39, 0.29) is 16.3 Å². The summed E-state index contributed by atoms with van der Waals surface area (Å²) in [7, 11) is 0. The average molecular weight is 296 g/mol. The Balaban J connectivity index is 2.35. The summed E-state index contributed by atoms with van der Waals surface area (Å²) in [4.78, 5) is 25.8.